The van der Waals surface area contributed by atoms with Crippen molar-refractivity contribution >= 4 is 23.1 Å². The lowest BCUT2D eigenvalue weighted by molar-refractivity contribution is -0.137. The second-order valence-corrected chi connectivity index (χ2v) is 8.14. The van der Waals surface area contributed by atoms with Gasteiger partial charge in [0.25, 0.3) is 11.7 Å². The minimum Gasteiger partial charge on any atom is -0.507 e. The normalized spacial score (nSPS) is 17.4. The lowest BCUT2D eigenvalue weighted by Gasteiger charge is -2.27. The van der Waals surface area contributed by atoms with E-state index in [1.807, 2.05) is 0 Å². The van der Waals surface area contributed by atoms with Crippen LogP contribution in [0.2, 0.25) is 0 Å². The minimum atomic E-state index is -4.65. The van der Waals surface area contributed by atoms with Gasteiger partial charge in [-0.25, -0.2) is 0 Å². The number of benzene rings is 3. The molecule has 1 N–H and O–H groups in total. The molecule has 0 aromatic heterocycles. The number of hydrogen-bond acceptors (Lipinski definition) is 5. The van der Waals surface area contributed by atoms with Crippen LogP contribution < -0.4 is 14.4 Å². The van der Waals surface area contributed by atoms with Crippen molar-refractivity contribution in [1.82, 2.24) is 0 Å². The first-order valence-electron chi connectivity index (χ1n) is 10.8. The predicted molar refractivity (Wildman–Crippen MR) is 127 cm³/mol. The summed E-state index contributed by atoms with van der Waals surface area (Å²) in [4.78, 5) is 27.5. The highest BCUT2D eigenvalue weighted by Crippen LogP contribution is 2.44. The van der Waals surface area contributed by atoms with Crippen LogP contribution in [0.5, 0.6) is 11.5 Å². The fourth-order valence-corrected chi connectivity index (χ4v) is 4.26. The zero-order valence-electron chi connectivity index (χ0n) is 19.6. The molecule has 36 heavy (non-hydrogen) atoms. The number of aliphatic hydroxyl groups is 1. The Bertz CT molecular complexity index is 1380. The summed E-state index contributed by atoms with van der Waals surface area (Å²) in [7, 11) is 2.84. The van der Waals surface area contributed by atoms with Crippen LogP contribution >= 0.6 is 0 Å². The first-order valence-corrected chi connectivity index (χ1v) is 10.8. The van der Waals surface area contributed by atoms with Crippen LogP contribution in [0.1, 0.15) is 28.3 Å². The molecule has 0 spiro atoms. The standard InChI is InChI=1S/C27H22F3NO5/c1-15-7-4-5-10-19(15)23-22(24(32)16-11-12-20(35-2)21(13-16)36-3)25(33)26(34)31(23)18-9-6-8-17(14-18)27(28,29)30/h4-14,23,32H,1-3H3/b24-22+. The number of methoxy groups -OCH3 is 2. The monoisotopic (exact) mass is 497 g/mol. The van der Waals surface area contributed by atoms with Crippen molar-refractivity contribution < 1.29 is 37.3 Å². The molecule has 6 nitrogen and oxygen atoms in total. The maximum atomic E-state index is 13.4. The Morgan fingerprint density at radius 2 is 1.61 bits per heavy atom. The fourth-order valence-electron chi connectivity index (χ4n) is 4.26. The number of ether oxygens (including phenoxy) is 2. The lowest BCUT2D eigenvalue weighted by Crippen LogP contribution is -2.30. The van der Waals surface area contributed by atoms with Crippen molar-refractivity contribution in [3.63, 3.8) is 0 Å². The molecule has 3 aromatic rings. The van der Waals surface area contributed by atoms with Crippen LogP contribution in [0.15, 0.2) is 72.3 Å². The molecule has 1 aliphatic rings. The third kappa shape index (κ3) is 4.28. The Balaban J connectivity index is 1.97. The second-order valence-electron chi connectivity index (χ2n) is 8.14. The van der Waals surface area contributed by atoms with Crippen molar-refractivity contribution in [1.29, 1.82) is 0 Å². The highest BCUT2D eigenvalue weighted by molar-refractivity contribution is 6.51. The van der Waals surface area contributed by atoms with E-state index in [9.17, 15) is 27.9 Å². The number of carbonyl (C=O) groups is 2. The number of aryl methyl sites for hydroxylation is 1. The SMILES string of the molecule is COc1ccc(/C(O)=C2\C(=O)C(=O)N(c3cccc(C(F)(F)F)c3)C2c2ccccc2C)cc1OC. The number of amides is 1. The maximum absolute atomic E-state index is 13.4. The number of anilines is 1. The molecule has 186 valence electrons. The highest BCUT2D eigenvalue weighted by atomic mass is 19.4. The second kappa shape index (κ2) is 9.41. The molecule has 3 aromatic carbocycles. The molecular weight excluding hydrogens is 475 g/mol. The van der Waals surface area contributed by atoms with Crippen LogP contribution in [0, 0.1) is 6.92 Å². The Hall–Kier alpha value is -4.27. The number of carbonyl (C=O) groups excluding carboxylic acids is 2. The number of nitrogens with zero attached hydrogens (tertiary/aromatic N) is 1. The fraction of sp³-hybridized carbons (Fsp3) is 0.185. The summed E-state index contributed by atoms with van der Waals surface area (Å²) in [6.45, 7) is 1.75. The Morgan fingerprint density at radius 1 is 0.917 bits per heavy atom. The predicted octanol–water partition coefficient (Wildman–Crippen LogP) is 5.66. The van der Waals surface area contributed by atoms with Gasteiger partial charge in [0.15, 0.2) is 11.5 Å². The number of halogens is 3. The van der Waals surface area contributed by atoms with Crippen molar-refractivity contribution in [3.05, 3.63) is 94.6 Å². The summed E-state index contributed by atoms with van der Waals surface area (Å²) in [6.07, 6.45) is -4.65. The number of hydrogen-bond donors (Lipinski definition) is 1. The van der Waals surface area contributed by atoms with E-state index >= 15 is 0 Å². The van der Waals surface area contributed by atoms with Crippen molar-refractivity contribution in [3.8, 4) is 11.5 Å². The molecule has 1 amide bonds. The van der Waals surface area contributed by atoms with E-state index in [0.717, 1.165) is 17.0 Å². The van der Waals surface area contributed by atoms with Crippen LogP contribution in [0.4, 0.5) is 18.9 Å². The van der Waals surface area contributed by atoms with E-state index in [1.165, 1.54) is 44.6 Å². The molecule has 4 rings (SSSR count). The number of ketones is 1. The lowest BCUT2D eigenvalue weighted by atomic mass is 9.92. The van der Waals surface area contributed by atoms with Crippen molar-refractivity contribution in [2.24, 2.45) is 0 Å². The van der Waals surface area contributed by atoms with E-state index in [0.29, 0.717) is 16.9 Å². The molecule has 0 bridgehead atoms. The molecule has 1 atom stereocenters. The smallest absolute Gasteiger partial charge is 0.416 e. The molecule has 1 heterocycles. The van der Waals surface area contributed by atoms with E-state index < -0.39 is 35.2 Å². The summed E-state index contributed by atoms with van der Waals surface area (Å²) in [5.74, 6) is -1.90. The van der Waals surface area contributed by atoms with Gasteiger partial charge in [0.05, 0.1) is 31.4 Å². The minimum absolute atomic E-state index is 0.119. The van der Waals surface area contributed by atoms with Gasteiger partial charge in [-0.15, -0.1) is 0 Å². The summed E-state index contributed by atoms with van der Waals surface area (Å²) in [5, 5.41) is 11.3. The van der Waals surface area contributed by atoms with Gasteiger partial charge in [0.1, 0.15) is 5.76 Å². The van der Waals surface area contributed by atoms with Gasteiger partial charge in [0, 0.05) is 11.3 Å². The molecule has 0 aliphatic carbocycles. The van der Waals surface area contributed by atoms with Crippen molar-refractivity contribution in [2.75, 3.05) is 19.1 Å². The zero-order valence-corrected chi connectivity index (χ0v) is 19.6. The maximum Gasteiger partial charge on any atom is 0.416 e. The number of alkyl halides is 3. The number of Topliss-reactive ketones (excluding diaryl/α,β-unsaturated/α-hetero) is 1. The third-order valence-corrected chi connectivity index (χ3v) is 6.04. The summed E-state index contributed by atoms with van der Waals surface area (Å²) >= 11 is 0. The van der Waals surface area contributed by atoms with Gasteiger partial charge >= 0.3 is 6.18 Å². The van der Waals surface area contributed by atoms with Crippen LogP contribution in [0.3, 0.4) is 0 Å². The van der Waals surface area contributed by atoms with Gasteiger partial charge in [-0.1, -0.05) is 30.3 Å². The summed E-state index contributed by atoms with van der Waals surface area (Å²) < 4.78 is 50.8. The van der Waals surface area contributed by atoms with Gasteiger partial charge in [0.2, 0.25) is 0 Å². The molecule has 9 heteroatoms. The highest BCUT2D eigenvalue weighted by Gasteiger charge is 2.47. The van der Waals surface area contributed by atoms with E-state index in [1.54, 1.807) is 31.2 Å². The third-order valence-electron chi connectivity index (χ3n) is 6.04. The average molecular weight is 497 g/mol. The van der Waals surface area contributed by atoms with E-state index in [-0.39, 0.29) is 22.6 Å². The number of rotatable bonds is 5. The van der Waals surface area contributed by atoms with Gasteiger partial charge in [-0.3, -0.25) is 14.5 Å². The topological polar surface area (TPSA) is 76.1 Å². The van der Waals surface area contributed by atoms with Crippen LogP contribution in [0.25, 0.3) is 5.76 Å². The van der Waals surface area contributed by atoms with E-state index in [2.05, 4.69) is 0 Å². The van der Waals surface area contributed by atoms with Crippen LogP contribution in [-0.2, 0) is 15.8 Å². The van der Waals surface area contributed by atoms with Crippen molar-refractivity contribution in [2.45, 2.75) is 19.1 Å². The quantitative estimate of drug-likeness (QED) is 0.280. The molecule has 0 radical (unpaired) electrons. The van der Waals surface area contributed by atoms with Gasteiger partial charge in [-0.05, 0) is 54.4 Å². The summed E-state index contributed by atoms with van der Waals surface area (Å²) in [6, 6.07) is 14.3. The van der Waals surface area contributed by atoms with Gasteiger partial charge < -0.3 is 14.6 Å². The average Bonchev–Trinajstić information content (AvgIpc) is 3.13. The first-order chi connectivity index (χ1) is 17.1. The molecule has 1 aliphatic heterocycles. The Morgan fingerprint density at radius 3 is 2.25 bits per heavy atom. The molecular formula is C27H22F3NO5. The Labute approximate surface area is 205 Å². The van der Waals surface area contributed by atoms with E-state index in [4.69, 9.17) is 9.47 Å². The largest absolute Gasteiger partial charge is 0.507 e. The van der Waals surface area contributed by atoms with Crippen LogP contribution in [-0.4, -0.2) is 31.0 Å². The molecule has 0 saturated carbocycles. The summed E-state index contributed by atoms with van der Waals surface area (Å²) in [5.41, 5.74) is -0.000187. The first kappa shape index (κ1) is 24.8. The molecule has 1 unspecified atom stereocenters. The number of aliphatic hydroxyl groups excluding tert-OH is 1. The molecule has 1 saturated heterocycles. The zero-order chi connectivity index (χ0) is 26.2. The van der Waals surface area contributed by atoms with Gasteiger partial charge in [-0.2, -0.15) is 13.2 Å². The Kier molecular flexibility index (Phi) is 6.49. The molecule has 1 fully saturated rings.